The highest BCUT2D eigenvalue weighted by Crippen LogP contribution is 2.21. The summed E-state index contributed by atoms with van der Waals surface area (Å²) in [5.41, 5.74) is 2.64. The van der Waals surface area contributed by atoms with Gasteiger partial charge in [0.1, 0.15) is 5.75 Å². The zero-order chi connectivity index (χ0) is 13.9. The number of benzene rings is 2. The molecule has 1 heterocycles. The third-order valence-electron chi connectivity index (χ3n) is 3.15. The van der Waals surface area contributed by atoms with Gasteiger partial charge in [0, 0.05) is 18.0 Å². The minimum atomic E-state index is -0.0706. The second-order valence-corrected chi connectivity index (χ2v) is 4.51. The van der Waals surface area contributed by atoms with Crippen molar-refractivity contribution in [2.45, 2.75) is 0 Å². The molecule has 0 spiro atoms. The van der Waals surface area contributed by atoms with E-state index in [4.69, 9.17) is 0 Å². The predicted octanol–water partition coefficient (Wildman–Crippen LogP) is 3.21. The molecule has 0 radical (unpaired) electrons. The molecule has 0 saturated heterocycles. The molecule has 3 aromatic rings. The van der Waals surface area contributed by atoms with Gasteiger partial charge in [-0.1, -0.05) is 30.3 Å². The van der Waals surface area contributed by atoms with Crippen molar-refractivity contribution in [2.75, 3.05) is 0 Å². The van der Waals surface area contributed by atoms with Gasteiger partial charge >= 0.3 is 0 Å². The first kappa shape index (κ1) is 12.2. The molecule has 0 atom stereocenters. The van der Waals surface area contributed by atoms with E-state index in [1.165, 1.54) is 0 Å². The summed E-state index contributed by atoms with van der Waals surface area (Å²) in [6.07, 6.45) is 1.81. The summed E-state index contributed by atoms with van der Waals surface area (Å²) in [4.78, 5) is 12.0. The number of aromatic nitrogens is 1. The van der Waals surface area contributed by atoms with Gasteiger partial charge in [-0.05, 0) is 41.5 Å². The van der Waals surface area contributed by atoms with E-state index in [1.807, 2.05) is 48.7 Å². The van der Waals surface area contributed by atoms with Crippen LogP contribution < -0.4 is 5.56 Å². The molecule has 0 unspecified atom stereocenters. The number of phenolic OH excluding ortho intramolecular Hbond substituents is 1. The van der Waals surface area contributed by atoms with Gasteiger partial charge in [-0.15, -0.1) is 0 Å². The SMILES string of the molecule is O=c1ccc(-c2ccc(O)cc2)cn1-c1ccccc1. The summed E-state index contributed by atoms with van der Waals surface area (Å²) >= 11 is 0. The Morgan fingerprint density at radius 3 is 2.10 bits per heavy atom. The van der Waals surface area contributed by atoms with E-state index in [0.29, 0.717) is 0 Å². The zero-order valence-corrected chi connectivity index (χ0v) is 10.7. The molecule has 0 saturated carbocycles. The third-order valence-corrected chi connectivity index (χ3v) is 3.15. The van der Waals surface area contributed by atoms with Crippen LogP contribution in [0.15, 0.2) is 77.7 Å². The van der Waals surface area contributed by atoms with Gasteiger partial charge in [0.25, 0.3) is 5.56 Å². The highest BCUT2D eigenvalue weighted by molar-refractivity contribution is 5.63. The number of hydrogen-bond acceptors (Lipinski definition) is 2. The Labute approximate surface area is 116 Å². The van der Waals surface area contributed by atoms with Crippen molar-refractivity contribution in [3.8, 4) is 22.6 Å². The molecule has 2 aromatic carbocycles. The first-order valence-corrected chi connectivity index (χ1v) is 6.31. The summed E-state index contributed by atoms with van der Waals surface area (Å²) in [6.45, 7) is 0. The Hall–Kier alpha value is -2.81. The maximum absolute atomic E-state index is 12.0. The number of nitrogens with zero attached hydrogens (tertiary/aromatic N) is 1. The Bertz CT molecular complexity index is 774. The number of phenols is 1. The molecule has 0 fully saturated rings. The smallest absolute Gasteiger partial charge is 0.255 e. The number of pyridine rings is 1. The van der Waals surface area contributed by atoms with Gasteiger partial charge in [0.05, 0.1) is 0 Å². The summed E-state index contributed by atoms with van der Waals surface area (Å²) in [5, 5.41) is 9.33. The van der Waals surface area contributed by atoms with Gasteiger partial charge in [-0.3, -0.25) is 9.36 Å². The molecule has 0 aliphatic rings. The average Bonchev–Trinajstić information content (AvgIpc) is 2.50. The summed E-state index contributed by atoms with van der Waals surface area (Å²) < 4.78 is 1.61. The molecule has 1 N–H and O–H groups in total. The fourth-order valence-electron chi connectivity index (χ4n) is 2.10. The van der Waals surface area contributed by atoms with E-state index in [2.05, 4.69) is 0 Å². The van der Waals surface area contributed by atoms with E-state index >= 15 is 0 Å². The number of hydrogen-bond donors (Lipinski definition) is 1. The lowest BCUT2D eigenvalue weighted by atomic mass is 10.1. The quantitative estimate of drug-likeness (QED) is 0.771. The summed E-state index contributed by atoms with van der Waals surface area (Å²) in [5.74, 6) is 0.227. The zero-order valence-electron chi connectivity index (χ0n) is 10.7. The van der Waals surface area contributed by atoms with Crippen molar-refractivity contribution < 1.29 is 5.11 Å². The number of para-hydroxylation sites is 1. The lowest BCUT2D eigenvalue weighted by molar-refractivity contribution is 0.475. The van der Waals surface area contributed by atoms with Crippen LogP contribution in [0, 0.1) is 0 Å². The van der Waals surface area contributed by atoms with Crippen LogP contribution in [0.3, 0.4) is 0 Å². The maximum atomic E-state index is 12.0. The molecular weight excluding hydrogens is 250 g/mol. The number of aromatic hydroxyl groups is 1. The lowest BCUT2D eigenvalue weighted by Gasteiger charge is -2.08. The summed E-state index contributed by atoms with van der Waals surface area (Å²) in [7, 11) is 0. The van der Waals surface area contributed by atoms with E-state index in [9.17, 15) is 9.90 Å². The molecule has 0 aliphatic heterocycles. The molecule has 0 bridgehead atoms. The standard InChI is InChI=1S/C17H13NO2/c19-16-9-6-13(7-10-16)14-8-11-17(20)18(12-14)15-4-2-1-3-5-15/h1-12,19H. The van der Waals surface area contributed by atoms with Crippen molar-refractivity contribution in [3.05, 3.63) is 83.3 Å². The molecular formula is C17H13NO2. The third kappa shape index (κ3) is 2.34. The Morgan fingerprint density at radius 1 is 0.750 bits per heavy atom. The Morgan fingerprint density at radius 2 is 1.40 bits per heavy atom. The fourth-order valence-corrected chi connectivity index (χ4v) is 2.10. The second kappa shape index (κ2) is 5.05. The van der Waals surface area contributed by atoms with Crippen LogP contribution in [0.25, 0.3) is 16.8 Å². The minimum absolute atomic E-state index is 0.0706. The molecule has 3 rings (SSSR count). The van der Waals surface area contributed by atoms with Gasteiger partial charge in [0.2, 0.25) is 0 Å². The fraction of sp³-hybridized carbons (Fsp3) is 0. The minimum Gasteiger partial charge on any atom is -0.508 e. The largest absolute Gasteiger partial charge is 0.508 e. The van der Waals surface area contributed by atoms with Gasteiger partial charge in [0.15, 0.2) is 0 Å². The molecule has 0 aliphatic carbocycles. The van der Waals surface area contributed by atoms with Crippen molar-refractivity contribution in [3.63, 3.8) is 0 Å². The molecule has 20 heavy (non-hydrogen) atoms. The first-order chi connectivity index (χ1) is 9.74. The second-order valence-electron chi connectivity index (χ2n) is 4.51. The highest BCUT2D eigenvalue weighted by atomic mass is 16.3. The van der Waals surface area contributed by atoms with Gasteiger partial charge < -0.3 is 5.11 Å². The van der Waals surface area contributed by atoms with Gasteiger partial charge in [-0.2, -0.15) is 0 Å². The van der Waals surface area contributed by atoms with Crippen molar-refractivity contribution in [1.29, 1.82) is 0 Å². The van der Waals surface area contributed by atoms with Crippen molar-refractivity contribution in [2.24, 2.45) is 0 Å². The van der Waals surface area contributed by atoms with Crippen LogP contribution in [0.1, 0.15) is 0 Å². The van der Waals surface area contributed by atoms with E-state index in [-0.39, 0.29) is 11.3 Å². The normalized spacial score (nSPS) is 10.4. The lowest BCUT2D eigenvalue weighted by Crippen LogP contribution is -2.16. The number of rotatable bonds is 2. The van der Waals surface area contributed by atoms with Crippen LogP contribution in [0.4, 0.5) is 0 Å². The van der Waals surface area contributed by atoms with E-state index in [0.717, 1.165) is 16.8 Å². The Kier molecular flexibility index (Phi) is 3.09. The summed E-state index contributed by atoms with van der Waals surface area (Å²) in [6, 6.07) is 19.7. The van der Waals surface area contributed by atoms with Crippen LogP contribution in [-0.2, 0) is 0 Å². The van der Waals surface area contributed by atoms with E-state index < -0.39 is 0 Å². The maximum Gasteiger partial charge on any atom is 0.255 e. The molecule has 1 aromatic heterocycles. The molecule has 98 valence electrons. The highest BCUT2D eigenvalue weighted by Gasteiger charge is 2.03. The molecule has 3 heteroatoms. The average molecular weight is 263 g/mol. The Balaban J connectivity index is 2.12. The van der Waals surface area contributed by atoms with Gasteiger partial charge in [-0.25, -0.2) is 0 Å². The van der Waals surface area contributed by atoms with Crippen LogP contribution in [0.5, 0.6) is 5.75 Å². The van der Waals surface area contributed by atoms with Crippen molar-refractivity contribution in [1.82, 2.24) is 4.57 Å². The first-order valence-electron chi connectivity index (χ1n) is 6.31. The predicted molar refractivity (Wildman–Crippen MR) is 79.1 cm³/mol. The molecule has 3 nitrogen and oxygen atoms in total. The molecule has 0 amide bonds. The van der Waals surface area contributed by atoms with Crippen LogP contribution in [0.2, 0.25) is 0 Å². The topological polar surface area (TPSA) is 42.2 Å². The van der Waals surface area contributed by atoms with E-state index in [1.54, 1.807) is 28.8 Å². The van der Waals surface area contributed by atoms with Crippen molar-refractivity contribution >= 4 is 0 Å². The monoisotopic (exact) mass is 263 g/mol. The van der Waals surface area contributed by atoms with Crippen LogP contribution in [-0.4, -0.2) is 9.67 Å². The van der Waals surface area contributed by atoms with Crippen LogP contribution >= 0.6 is 0 Å².